The number of ether oxygens (including phenoxy) is 1. The minimum atomic E-state index is -0.333. The number of hydroxylamine groups is 1. The highest BCUT2D eigenvalue weighted by atomic mass is 16.5. The maximum Gasteiger partial charge on any atom is 0.280 e. The van der Waals surface area contributed by atoms with Gasteiger partial charge >= 0.3 is 0 Å². The van der Waals surface area contributed by atoms with Crippen molar-refractivity contribution in [2.45, 2.75) is 6.42 Å². The molecule has 1 aliphatic rings. The zero-order chi connectivity index (χ0) is 24.4. The van der Waals surface area contributed by atoms with E-state index >= 15 is 0 Å². The van der Waals surface area contributed by atoms with Crippen molar-refractivity contribution >= 4 is 17.4 Å². The molecule has 5 rings (SSSR count). The van der Waals surface area contributed by atoms with Crippen molar-refractivity contribution in [3.63, 3.8) is 0 Å². The summed E-state index contributed by atoms with van der Waals surface area (Å²) in [7, 11) is 1.58. The average molecular weight is 466 g/mol. The van der Waals surface area contributed by atoms with Gasteiger partial charge in [0.05, 0.1) is 24.1 Å². The van der Waals surface area contributed by atoms with Crippen LogP contribution < -0.4 is 16.0 Å². The topological polar surface area (TPSA) is 115 Å². The predicted molar refractivity (Wildman–Crippen MR) is 134 cm³/mol. The molecule has 0 saturated heterocycles. The summed E-state index contributed by atoms with van der Waals surface area (Å²) in [6, 6.07) is 26.7. The van der Waals surface area contributed by atoms with Crippen LogP contribution in [0.1, 0.15) is 16.1 Å². The van der Waals surface area contributed by atoms with E-state index in [0.29, 0.717) is 34.0 Å². The van der Waals surface area contributed by atoms with Gasteiger partial charge in [-0.15, -0.1) is 0 Å². The van der Waals surface area contributed by atoms with Gasteiger partial charge in [0, 0.05) is 17.5 Å². The number of nitrogens with zero attached hydrogens (tertiary/aromatic N) is 3. The van der Waals surface area contributed by atoms with E-state index < -0.39 is 0 Å². The number of hydrogen-bond donors (Lipinski definition) is 3. The quantitative estimate of drug-likeness (QED) is 0.232. The molecule has 174 valence electrons. The molecule has 8 heteroatoms. The number of fused-ring (bicyclic) bond motifs is 1. The monoisotopic (exact) mass is 465 g/mol. The van der Waals surface area contributed by atoms with Gasteiger partial charge in [0.2, 0.25) is 5.96 Å². The molecule has 0 fully saturated rings. The van der Waals surface area contributed by atoms with Crippen LogP contribution in [0.25, 0.3) is 28.0 Å². The first kappa shape index (κ1) is 22.1. The highest BCUT2D eigenvalue weighted by Crippen LogP contribution is 2.40. The number of nitrogens with two attached hydrogens (primary N) is 1. The molecule has 35 heavy (non-hydrogen) atoms. The van der Waals surface area contributed by atoms with E-state index in [9.17, 15) is 10.0 Å². The van der Waals surface area contributed by atoms with Gasteiger partial charge in [-0.3, -0.25) is 10.0 Å². The Bertz CT molecular complexity index is 1440. The first-order valence-corrected chi connectivity index (χ1v) is 11.0. The van der Waals surface area contributed by atoms with Crippen molar-refractivity contribution in [2.75, 3.05) is 7.11 Å². The van der Waals surface area contributed by atoms with Gasteiger partial charge in [0.15, 0.2) is 0 Å². The van der Waals surface area contributed by atoms with Crippen LogP contribution in [0.15, 0.2) is 95.6 Å². The van der Waals surface area contributed by atoms with Gasteiger partial charge in [-0.2, -0.15) is 9.78 Å². The van der Waals surface area contributed by atoms with Crippen molar-refractivity contribution < 1.29 is 14.7 Å². The lowest BCUT2D eigenvalue weighted by molar-refractivity contribution is 0.0958. The van der Waals surface area contributed by atoms with E-state index in [1.54, 1.807) is 31.4 Å². The molecule has 0 atom stereocenters. The Balaban J connectivity index is 1.75. The van der Waals surface area contributed by atoms with Gasteiger partial charge in [-0.05, 0) is 23.3 Å². The Labute approximate surface area is 202 Å². The van der Waals surface area contributed by atoms with Crippen LogP contribution in [0.4, 0.5) is 0 Å². The number of methoxy groups -OCH3 is 1. The Kier molecular flexibility index (Phi) is 5.87. The zero-order valence-corrected chi connectivity index (χ0v) is 19.0. The van der Waals surface area contributed by atoms with Crippen LogP contribution in [0.3, 0.4) is 0 Å². The second-order valence-electron chi connectivity index (χ2n) is 7.96. The molecule has 3 aromatic carbocycles. The Hall–Kier alpha value is -4.69. The minimum absolute atomic E-state index is 0.212. The molecule has 0 bridgehead atoms. The molecule has 0 radical (unpaired) electrons. The highest BCUT2D eigenvalue weighted by molar-refractivity contribution is 6.23. The first-order valence-electron chi connectivity index (χ1n) is 11.0. The summed E-state index contributed by atoms with van der Waals surface area (Å²) in [5.41, 5.74) is 13.1. The minimum Gasteiger partial charge on any atom is -0.497 e. The van der Waals surface area contributed by atoms with Crippen molar-refractivity contribution in [2.24, 2.45) is 10.7 Å². The molecule has 4 aromatic rings. The van der Waals surface area contributed by atoms with Crippen LogP contribution in [0.5, 0.6) is 5.75 Å². The van der Waals surface area contributed by atoms with Crippen molar-refractivity contribution in [1.82, 2.24) is 15.3 Å². The third-order valence-electron chi connectivity index (χ3n) is 5.87. The fraction of sp³-hybridized carbons (Fsp3) is 0.0741. The van der Waals surface area contributed by atoms with Gasteiger partial charge in [-0.1, -0.05) is 72.8 Å². The molecular weight excluding hydrogens is 442 g/mol. The largest absolute Gasteiger partial charge is 0.497 e. The maximum atomic E-state index is 13.9. The Morgan fingerprint density at radius 2 is 1.60 bits per heavy atom. The molecule has 1 aliphatic heterocycles. The number of allylic oxidation sites excluding steroid dienone is 2. The van der Waals surface area contributed by atoms with Crippen LogP contribution in [0, 0.1) is 0 Å². The highest BCUT2D eigenvalue weighted by Gasteiger charge is 2.33. The standard InChI is InChI=1S/C27H23N5O3/c1-35-20-14-12-18(13-15-20)23-21(29-27(28)31-34)16-22-24(17-8-4-2-5-9-17)25(30-32(22)26(23)33)19-10-6-3-7-11-19/h2-15,34H,16H2,1H3,(H3,28,29,31). The first-order chi connectivity index (χ1) is 17.1. The number of aliphatic imine (C=N–C) groups is 1. The van der Waals surface area contributed by atoms with E-state index in [1.165, 1.54) is 4.68 Å². The molecule has 8 nitrogen and oxygen atoms in total. The van der Waals surface area contributed by atoms with Crippen LogP contribution >= 0.6 is 0 Å². The third kappa shape index (κ3) is 4.07. The van der Waals surface area contributed by atoms with Crippen LogP contribution in [0.2, 0.25) is 0 Å². The van der Waals surface area contributed by atoms with E-state index in [4.69, 9.17) is 15.6 Å². The van der Waals surface area contributed by atoms with E-state index in [-0.39, 0.29) is 18.3 Å². The summed E-state index contributed by atoms with van der Waals surface area (Å²) in [5.74, 6) is 0.119. The number of carbonyl (C=O) groups is 1. The number of hydrogen-bond acceptors (Lipinski definition) is 5. The summed E-state index contributed by atoms with van der Waals surface area (Å²) in [4.78, 5) is 18.2. The molecule has 0 unspecified atom stereocenters. The van der Waals surface area contributed by atoms with Crippen molar-refractivity contribution in [3.8, 4) is 28.1 Å². The molecular formula is C27H23N5O3. The summed E-state index contributed by atoms with van der Waals surface area (Å²) in [5, 5.41) is 14.1. The molecule has 1 aromatic heterocycles. The summed E-state index contributed by atoms with van der Waals surface area (Å²) in [6.07, 6.45) is 0.277. The third-order valence-corrected chi connectivity index (χ3v) is 5.87. The fourth-order valence-corrected chi connectivity index (χ4v) is 4.28. The van der Waals surface area contributed by atoms with E-state index in [1.807, 2.05) is 66.1 Å². The molecule has 2 heterocycles. The Morgan fingerprint density at radius 1 is 0.971 bits per heavy atom. The predicted octanol–water partition coefficient (Wildman–Crippen LogP) is 4.13. The number of benzene rings is 3. The molecule has 0 saturated carbocycles. The number of aromatic nitrogens is 2. The van der Waals surface area contributed by atoms with Gasteiger partial charge in [0.25, 0.3) is 5.91 Å². The van der Waals surface area contributed by atoms with Crippen LogP contribution in [-0.2, 0) is 6.42 Å². The molecule has 4 N–H and O–H groups in total. The zero-order valence-electron chi connectivity index (χ0n) is 19.0. The summed E-state index contributed by atoms with van der Waals surface area (Å²) < 4.78 is 6.71. The lowest BCUT2D eigenvalue weighted by atomic mass is 9.93. The van der Waals surface area contributed by atoms with E-state index in [0.717, 1.165) is 16.7 Å². The van der Waals surface area contributed by atoms with Crippen molar-refractivity contribution in [1.29, 1.82) is 0 Å². The van der Waals surface area contributed by atoms with E-state index in [2.05, 4.69) is 4.99 Å². The molecule has 0 amide bonds. The van der Waals surface area contributed by atoms with Gasteiger partial charge in [-0.25, -0.2) is 10.5 Å². The number of nitrogens with one attached hydrogen (secondary N) is 1. The Morgan fingerprint density at radius 3 is 2.20 bits per heavy atom. The smallest absolute Gasteiger partial charge is 0.280 e. The average Bonchev–Trinajstić information content (AvgIpc) is 3.30. The SMILES string of the molecule is COc1ccc(C2=C(N=C(N)NO)Cc3c(-c4ccccc4)c(-c4ccccc4)nn3C2=O)cc1. The lowest BCUT2D eigenvalue weighted by Crippen LogP contribution is -2.30. The van der Waals surface area contributed by atoms with Gasteiger partial charge in [0.1, 0.15) is 11.4 Å². The summed E-state index contributed by atoms with van der Waals surface area (Å²) in [6.45, 7) is 0. The van der Waals surface area contributed by atoms with Crippen LogP contribution in [-0.4, -0.2) is 34.0 Å². The molecule has 0 spiro atoms. The van der Waals surface area contributed by atoms with Gasteiger partial charge < -0.3 is 10.5 Å². The fourth-order valence-electron chi connectivity index (χ4n) is 4.28. The normalized spacial score (nSPS) is 13.5. The number of guanidine groups is 1. The maximum absolute atomic E-state index is 13.9. The summed E-state index contributed by atoms with van der Waals surface area (Å²) >= 11 is 0. The second kappa shape index (κ2) is 9.28. The van der Waals surface area contributed by atoms with Crippen molar-refractivity contribution in [3.05, 3.63) is 102 Å². The second-order valence-corrected chi connectivity index (χ2v) is 7.96. The molecule has 0 aliphatic carbocycles. The lowest BCUT2D eigenvalue weighted by Gasteiger charge is -2.20. The number of carbonyl (C=O) groups excluding carboxylic acids is 1. The number of rotatable bonds is 5.